The van der Waals surface area contributed by atoms with Gasteiger partial charge in [0.05, 0.1) is 23.7 Å². The Morgan fingerprint density at radius 2 is 1.34 bits per heavy atom. The van der Waals surface area contributed by atoms with Gasteiger partial charge in [-0.15, -0.1) is 5.11 Å². The highest BCUT2D eigenvalue weighted by Gasteiger charge is 2.21. The number of nitrogens with zero attached hydrogens (tertiary/aromatic N) is 4. The zero-order chi connectivity index (χ0) is 22.5. The third-order valence-corrected chi connectivity index (χ3v) is 4.65. The van der Waals surface area contributed by atoms with Crippen LogP contribution >= 0.6 is 0 Å². The predicted molar refractivity (Wildman–Crippen MR) is 121 cm³/mol. The fourth-order valence-corrected chi connectivity index (χ4v) is 3.17. The Hall–Kier alpha value is -4.46. The maximum atomic E-state index is 13.2. The van der Waals surface area contributed by atoms with Crippen LogP contribution in [0.2, 0.25) is 0 Å². The SMILES string of the molecule is CCOc1ccc(N=Nc2c(O)n(-c3ccccc3)c(=O)n(-c3ccccc3)c2=O)cc1. The number of ether oxygens (including phenoxy) is 1. The zero-order valence-electron chi connectivity index (χ0n) is 17.3. The largest absolute Gasteiger partial charge is 0.494 e. The maximum absolute atomic E-state index is 13.2. The zero-order valence-corrected chi connectivity index (χ0v) is 17.3. The van der Waals surface area contributed by atoms with E-state index in [1.54, 1.807) is 84.9 Å². The number of para-hydroxylation sites is 2. The molecular formula is C24H20N4O4. The van der Waals surface area contributed by atoms with Gasteiger partial charge in [0.15, 0.2) is 0 Å². The lowest BCUT2D eigenvalue weighted by molar-refractivity contribution is 0.340. The van der Waals surface area contributed by atoms with Crippen LogP contribution in [-0.2, 0) is 0 Å². The number of aromatic nitrogens is 2. The standard InChI is InChI=1S/C24H20N4O4/c1-2-32-20-15-13-17(14-16-20)25-26-21-22(29)27(18-9-5-3-6-10-18)24(31)28(23(21)30)19-11-7-4-8-12-19/h3-16,29H,2H2,1H3. The molecule has 160 valence electrons. The molecule has 32 heavy (non-hydrogen) atoms. The molecule has 0 amide bonds. The van der Waals surface area contributed by atoms with Crippen LogP contribution in [-0.4, -0.2) is 20.8 Å². The molecule has 4 aromatic rings. The maximum Gasteiger partial charge on any atom is 0.343 e. The van der Waals surface area contributed by atoms with Crippen molar-refractivity contribution < 1.29 is 9.84 Å². The minimum Gasteiger partial charge on any atom is -0.494 e. The molecule has 1 aromatic heterocycles. The molecule has 0 fully saturated rings. The lowest BCUT2D eigenvalue weighted by Gasteiger charge is -2.13. The quantitative estimate of drug-likeness (QED) is 0.457. The summed E-state index contributed by atoms with van der Waals surface area (Å²) in [4.78, 5) is 26.4. The molecular weight excluding hydrogens is 408 g/mol. The van der Waals surface area contributed by atoms with E-state index in [-0.39, 0.29) is 5.69 Å². The van der Waals surface area contributed by atoms with Crippen molar-refractivity contribution >= 4 is 11.4 Å². The molecule has 0 spiro atoms. The first-order valence-electron chi connectivity index (χ1n) is 9.96. The van der Waals surface area contributed by atoms with Gasteiger partial charge in [0.25, 0.3) is 5.56 Å². The average Bonchev–Trinajstić information content (AvgIpc) is 2.82. The molecule has 1 N–H and O–H groups in total. The number of benzene rings is 3. The van der Waals surface area contributed by atoms with Gasteiger partial charge < -0.3 is 9.84 Å². The molecule has 0 aliphatic heterocycles. The highest BCUT2D eigenvalue weighted by atomic mass is 16.5. The van der Waals surface area contributed by atoms with E-state index in [0.717, 1.165) is 9.13 Å². The normalized spacial score (nSPS) is 11.0. The van der Waals surface area contributed by atoms with Crippen molar-refractivity contribution in [2.24, 2.45) is 10.2 Å². The Kier molecular flexibility index (Phi) is 5.94. The van der Waals surface area contributed by atoms with E-state index in [1.807, 2.05) is 6.92 Å². The fraction of sp³-hybridized carbons (Fsp3) is 0.0833. The highest BCUT2D eigenvalue weighted by Crippen LogP contribution is 2.27. The fourth-order valence-electron chi connectivity index (χ4n) is 3.17. The molecule has 8 heteroatoms. The van der Waals surface area contributed by atoms with Gasteiger partial charge in [-0.3, -0.25) is 4.79 Å². The van der Waals surface area contributed by atoms with E-state index in [9.17, 15) is 14.7 Å². The van der Waals surface area contributed by atoms with Crippen molar-refractivity contribution in [2.45, 2.75) is 6.92 Å². The van der Waals surface area contributed by atoms with Gasteiger partial charge >= 0.3 is 5.69 Å². The number of azo groups is 1. The number of hydrogen-bond acceptors (Lipinski definition) is 6. The monoisotopic (exact) mass is 428 g/mol. The van der Waals surface area contributed by atoms with Gasteiger partial charge in [-0.25, -0.2) is 13.9 Å². The van der Waals surface area contributed by atoms with Crippen LogP contribution in [0.4, 0.5) is 11.4 Å². The van der Waals surface area contributed by atoms with Gasteiger partial charge in [-0.2, -0.15) is 5.11 Å². The molecule has 0 atom stereocenters. The van der Waals surface area contributed by atoms with Crippen LogP contribution in [0.3, 0.4) is 0 Å². The Morgan fingerprint density at radius 3 is 1.91 bits per heavy atom. The van der Waals surface area contributed by atoms with Gasteiger partial charge in [0.1, 0.15) is 5.75 Å². The van der Waals surface area contributed by atoms with E-state index in [2.05, 4.69) is 10.2 Å². The summed E-state index contributed by atoms with van der Waals surface area (Å²) in [5, 5.41) is 18.9. The molecule has 0 saturated heterocycles. The molecule has 8 nitrogen and oxygen atoms in total. The summed E-state index contributed by atoms with van der Waals surface area (Å²) in [5.41, 5.74) is -0.658. The van der Waals surface area contributed by atoms with E-state index in [1.165, 1.54) is 0 Å². The molecule has 0 aliphatic carbocycles. The Bertz CT molecular complexity index is 1360. The third-order valence-electron chi connectivity index (χ3n) is 4.65. The number of hydrogen-bond donors (Lipinski definition) is 1. The van der Waals surface area contributed by atoms with E-state index >= 15 is 0 Å². The van der Waals surface area contributed by atoms with Crippen LogP contribution in [0.15, 0.2) is 105 Å². The van der Waals surface area contributed by atoms with Crippen LogP contribution < -0.4 is 16.0 Å². The lowest BCUT2D eigenvalue weighted by atomic mass is 10.3. The van der Waals surface area contributed by atoms with Crippen molar-refractivity contribution in [2.75, 3.05) is 6.61 Å². The molecule has 3 aromatic carbocycles. The summed E-state index contributed by atoms with van der Waals surface area (Å²) in [6.07, 6.45) is 0. The van der Waals surface area contributed by atoms with Crippen LogP contribution in [0.5, 0.6) is 11.6 Å². The first kappa shape index (κ1) is 20.8. The predicted octanol–water partition coefficient (Wildman–Crippen LogP) is 4.51. The first-order chi connectivity index (χ1) is 15.6. The Labute approximate surface area is 183 Å². The third kappa shape index (κ3) is 4.06. The summed E-state index contributed by atoms with van der Waals surface area (Å²) >= 11 is 0. The van der Waals surface area contributed by atoms with Crippen molar-refractivity contribution in [3.8, 4) is 23.0 Å². The summed E-state index contributed by atoms with van der Waals surface area (Å²) in [7, 11) is 0. The Balaban J connectivity index is 1.90. The van der Waals surface area contributed by atoms with Gasteiger partial charge in [-0.1, -0.05) is 36.4 Å². The van der Waals surface area contributed by atoms with Crippen molar-refractivity contribution in [1.82, 2.24) is 9.13 Å². The molecule has 0 unspecified atom stereocenters. The number of rotatable bonds is 6. The van der Waals surface area contributed by atoms with Crippen molar-refractivity contribution in [3.05, 3.63) is 106 Å². The molecule has 0 bridgehead atoms. The molecule has 0 aliphatic rings. The van der Waals surface area contributed by atoms with Crippen molar-refractivity contribution in [1.29, 1.82) is 0 Å². The summed E-state index contributed by atoms with van der Waals surface area (Å²) in [5.74, 6) is 0.0893. The van der Waals surface area contributed by atoms with Gasteiger partial charge in [0.2, 0.25) is 11.6 Å². The molecule has 4 rings (SSSR count). The van der Waals surface area contributed by atoms with Gasteiger partial charge in [-0.05, 0) is 55.5 Å². The van der Waals surface area contributed by atoms with E-state index in [4.69, 9.17) is 4.74 Å². The van der Waals surface area contributed by atoms with Crippen LogP contribution in [0, 0.1) is 0 Å². The van der Waals surface area contributed by atoms with E-state index < -0.39 is 17.1 Å². The highest BCUT2D eigenvalue weighted by molar-refractivity contribution is 5.52. The van der Waals surface area contributed by atoms with Gasteiger partial charge in [0, 0.05) is 0 Å². The second kappa shape index (κ2) is 9.13. The van der Waals surface area contributed by atoms with Crippen LogP contribution in [0.1, 0.15) is 6.92 Å². The smallest absolute Gasteiger partial charge is 0.343 e. The summed E-state index contributed by atoms with van der Waals surface area (Å²) < 4.78 is 7.39. The minimum atomic E-state index is -0.777. The van der Waals surface area contributed by atoms with Crippen LogP contribution in [0.25, 0.3) is 11.4 Å². The van der Waals surface area contributed by atoms with E-state index in [0.29, 0.717) is 29.4 Å². The minimum absolute atomic E-state index is 0.352. The summed E-state index contributed by atoms with van der Waals surface area (Å²) in [6, 6.07) is 23.8. The Morgan fingerprint density at radius 1 is 0.781 bits per heavy atom. The molecule has 0 saturated carbocycles. The second-order valence-electron chi connectivity index (χ2n) is 6.73. The lowest BCUT2D eigenvalue weighted by Crippen LogP contribution is -2.37. The first-order valence-corrected chi connectivity index (χ1v) is 9.96. The average molecular weight is 428 g/mol. The molecule has 1 heterocycles. The number of aromatic hydroxyl groups is 1. The molecule has 0 radical (unpaired) electrons. The summed E-state index contributed by atoms with van der Waals surface area (Å²) in [6.45, 7) is 2.42. The topological polar surface area (TPSA) is 98.2 Å². The van der Waals surface area contributed by atoms with Crippen molar-refractivity contribution in [3.63, 3.8) is 0 Å². The second-order valence-corrected chi connectivity index (χ2v) is 6.73.